The molecule has 0 saturated carbocycles. The smallest absolute Gasteiger partial charge is 0.312 e. The van der Waals surface area contributed by atoms with Gasteiger partial charge in [-0.05, 0) is 24.3 Å². The fourth-order valence-corrected chi connectivity index (χ4v) is 1.72. The van der Waals surface area contributed by atoms with Crippen molar-refractivity contribution in [1.82, 2.24) is 5.32 Å². The van der Waals surface area contributed by atoms with Gasteiger partial charge in [-0.1, -0.05) is 18.2 Å². The number of nitrogens with one attached hydrogen (secondary N) is 1. The molecule has 0 unspecified atom stereocenters. The Morgan fingerprint density at radius 1 is 1.05 bits per heavy atom. The van der Waals surface area contributed by atoms with Crippen LogP contribution in [0.1, 0.15) is 16.8 Å². The van der Waals surface area contributed by atoms with E-state index in [1.807, 2.05) is 0 Å². The molecular weight excluding hydrogens is 292 g/mol. The lowest BCUT2D eigenvalue weighted by atomic mass is 10.2. The largest absolute Gasteiger partial charge is 0.426 e. The topological polar surface area (TPSA) is 55.4 Å². The lowest BCUT2D eigenvalue weighted by Crippen LogP contribution is -2.27. The second kappa shape index (κ2) is 7.31. The fraction of sp³-hybridized carbons (Fsp3) is 0.125. The van der Waals surface area contributed by atoms with Crippen LogP contribution in [0.25, 0.3) is 0 Å². The first-order valence-corrected chi connectivity index (χ1v) is 6.55. The van der Waals surface area contributed by atoms with Gasteiger partial charge >= 0.3 is 5.97 Å². The van der Waals surface area contributed by atoms with E-state index in [0.29, 0.717) is 11.8 Å². The number of hydrogen-bond acceptors (Lipinski definition) is 3. The molecule has 1 N–H and O–H groups in total. The summed E-state index contributed by atoms with van der Waals surface area (Å²) in [6.07, 6.45) is -0.0660. The monoisotopic (exact) mass is 305 g/mol. The Morgan fingerprint density at radius 2 is 1.77 bits per heavy atom. The predicted octanol–water partition coefficient (Wildman–Crippen LogP) is 2.69. The molecule has 0 bridgehead atoms. The van der Waals surface area contributed by atoms with Gasteiger partial charge in [0.25, 0.3) is 5.91 Å². The molecule has 0 aliphatic heterocycles. The molecule has 0 aromatic heterocycles. The van der Waals surface area contributed by atoms with E-state index >= 15 is 0 Å². The van der Waals surface area contributed by atoms with Gasteiger partial charge in [-0.25, -0.2) is 8.78 Å². The van der Waals surface area contributed by atoms with Gasteiger partial charge in [-0.2, -0.15) is 0 Å². The molecule has 0 saturated heterocycles. The molecule has 0 radical (unpaired) electrons. The van der Waals surface area contributed by atoms with Gasteiger partial charge in [-0.15, -0.1) is 0 Å². The number of carbonyl (C=O) groups excluding carboxylic acids is 2. The van der Waals surface area contributed by atoms with Crippen LogP contribution < -0.4 is 10.1 Å². The van der Waals surface area contributed by atoms with Crippen LogP contribution in [0.3, 0.4) is 0 Å². The molecule has 0 atom stereocenters. The summed E-state index contributed by atoms with van der Waals surface area (Å²) in [5.41, 5.74) is -0.280. The maximum atomic E-state index is 13.4. The number of rotatable bonds is 5. The van der Waals surface area contributed by atoms with E-state index in [1.165, 1.54) is 0 Å². The average Bonchev–Trinajstić information content (AvgIpc) is 2.48. The number of amides is 1. The van der Waals surface area contributed by atoms with Crippen molar-refractivity contribution in [3.63, 3.8) is 0 Å². The van der Waals surface area contributed by atoms with Crippen LogP contribution in [-0.4, -0.2) is 18.4 Å². The Hall–Kier alpha value is -2.76. The minimum atomic E-state index is -0.954. The maximum Gasteiger partial charge on any atom is 0.312 e. The number of ether oxygens (including phenoxy) is 1. The minimum absolute atomic E-state index is 0.0126. The highest BCUT2D eigenvalue weighted by Gasteiger charge is 2.13. The first-order valence-electron chi connectivity index (χ1n) is 6.55. The molecular formula is C16H13F2NO3. The molecule has 4 nitrogen and oxygen atoms in total. The van der Waals surface area contributed by atoms with Crippen LogP contribution in [0.15, 0.2) is 48.5 Å². The molecule has 2 aromatic carbocycles. The Labute approximate surface area is 125 Å². The highest BCUT2D eigenvalue weighted by molar-refractivity contribution is 5.94. The Bertz CT molecular complexity index is 674. The van der Waals surface area contributed by atoms with E-state index < -0.39 is 23.5 Å². The Kier molecular flexibility index (Phi) is 5.19. The second-order valence-corrected chi connectivity index (χ2v) is 4.42. The molecule has 2 aromatic rings. The van der Waals surface area contributed by atoms with Crippen molar-refractivity contribution in [3.8, 4) is 5.75 Å². The van der Waals surface area contributed by atoms with Crippen molar-refractivity contribution in [2.45, 2.75) is 6.42 Å². The van der Waals surface area contributed by atoms with E-state index in [0.717, 1.165) is 12.1 Å². The van der Waals surface area contributed by atoms with Gasteiger partial charge < -0.3 is 10.1 Å². The summed E-state index contributed by atoms with van der Waals surface area (Å²) in [5.74, 6) is -2.55. The lowest BCUT2D eigenvalue weighted by Gasteiger charge is -2.06. The van der Waals surface area contributed by atoms with Crippen LogP contribution in [0.4, 0.5) is 8.78 Å². The van der Waals surface area contributed by atoms with Crippen molar-refractivity contribution in [1.29, 1.82) is 0 Å². The zero-order chi connectivity index (χ0) is 15.9. The third kappa shape index (κ3) is 4.37. The van der Waals surface area contributed by atoms with Crippen molar-refractivity contribution < 1.29 is 23.1 Å². The van der Waals surface area contributed by atoms with Crippen LogP contribution in [0, 0.1) is 11.6 Å². The van der Waals surface area contributed by atoms with Gasteiger partial charge in [0.05, 0.1) is 12.0 Å². The van der Waals surface area contributed by atoms with Crippen molar-refractivity contribution >= 4 is 11.9 Å². The lowest BCUT2D eigenvalue weighted by molar-refractivity contribution is -0.134. The first kappa shape index (κ1) is 15.6. The van der Waals surface area contributed by atoms with Crippen LogP contribution in [-0.2, 0) is 4.79 Å². The van der Waals surface area contributed by atoms with Crippen molar-refractivity contribution in [2.24, 2.45) is 0 Å². The van der Waals surface area contributed by atoms with E-state index in [9.17, 15) is 18.4 Å². The zero-order valence-electron chi connectivity index (χ0n) is 11.5. The molecule has 0 heterocycles. The van der Waals surface area contributed by atoms with Gasteiger partial charge in [-0.3, -0.25) is 9.59 Å². The van der Waals surface area contributed by atoms with Gasteiger partial charge in [0.15, 0.2) is 0 Å². The predicted molar refractivity (Wildman–Crippen MR) is 75.4 cm³/mol. The summed E-state index contributed by atoms with van der Waals surface area (Å²) in [7, 11) is 0. The molecule has 0 aliphatic carbocycles. The maximum absolute atomic E-state index is 13.4. The molecule has 2 rings (SSSR count). The summed E-state index contributed by atoms with van der Waals surface area (Å²) >= 11 is 0. The molecule has 6 heteroatoms. The molecule has 22 heavy (non-hydrogen) atoms. The number of benzene rings is 2. The standard InChI is InChI=1S/C16H13F2NO3/c17-11-6-7-13(14(18)10-11)16(21)19-9-8-15(20)22-12-4-2-1-3-5-12/h1-7,10H,8-9H2,(H,19,21). The number of carbonyl (C=O) groups is 2. The summed E-state index contributed by atoms with van der Waals surface area (Å²) in [4.78, 5) is 23.2. The number of halogens is 2. The van der Waals surface area contributed by atoms with Crippen molar-refractivity contribution in [3.05, 3.63) is 65.7 Å². The minimum Gasteiger partial charge on any atom is -0.426 e. The van der Waals surface area contributed by atoms with Crippen LogP contribution in [0.2, 0.25) is 0 Å². The number of hydrogen-bond donors (Lipinski definition) is 1. The normalized spacial score (nSPS) is 10.1. The Morgan fingerprint density at radius 3 is 2.45 bits per heavy atom. The van der Waals surface area contributed by atoms with Crippen LogP contribution >= 0.6 is 0 Å². The fourth-order valence-electron chi connectivity index (χ4n) is 1.72. The van der Waals surface area contributed by atoms with E-state index in [1.54, 1.807) is 30.3 Å². The summed E-state index contributed by atoms with van der Waals surface area (Å²) in [6, 6.07) is 11.1. The van der Waals surface area contributed by atoms with E-state index in [4.69, 9.17) is 4.74 Å². The van der Waals surface area contributed by atoms with Gasteiger partial charge in [0, 0.05) is 12.6 Å². The SMILES string of the molecule is O=C(CCNC(=O)c1ccc(F)cc1F)Oc1ccccc1. The van der Waals surface area contributed by atoms with Gasteiger partial charge in [0.2, 0.25) is 0 Å². The third-order valence-corrected chi connectivity index (χ3v) is 2.77. The van der Waals surface area contributed by atoms with Crippen LogP contribution in [0.5, 0.6) is 5.75 Å². The van der Waals surface area contributed by atoms with E-state index in [2.05, 4.69) is 5.32 Å². The molecule has 0 spiro atoms. The first-order chi connectivity index (χ1) is 10.6. The highest BCUT2D eigenvalue weighted by Crippen LogP contribution is 2.10. The molecule has 0 aliphatic rings. The third-order valence-electron chi connectivity index (χ3n) is 2.77. The summed E-state index contributed by atoms with van der Waals surface area (Å²) < 4.78 is 31.2. The number of esters is 1. The summed E-state index contributed by atoms with van der Waals surface area (Å²) in [5, 5.41) is 2.37. The molecule has 114 valence electrons. The van der Waals surface area contributed by atoms with Gasteiger partial charge in [0.1, 0.15) is 17.4 Å². The number of para-hydroxylation sites is 1. The quantitative estimate of drug-likeness (QED) is 0.682. The molecule has 1 amide bonds. The van der Waals surface area contributed by atoms with Crippen molar-refractivity contribution in [2.75, 3.05) is 6.54 Å². The summed E-state index contributed by atoms with van der Waals surface area (Å²) in [6.45, 7) is -0.0126. The van der Waals surface area contributed by atoms with E-state index in [-0.39, 0.29) is 18.5 Å². The highest BCUT2D eigenvalue weighted by atomic mass is 19.1. The average molecular weight is 305 g/mol. The zero-order valence-corrected chi connectivity index (χ0v) is 11.5. The second-order valence-electron chi connectivity index (χ2n) is 4.42. The Balaban J connectivity index is 1.80. The molecule has 0 fully saturated rings.